The number of nitrogens with two attached hydrogens (primary N) is 1. The summed E-state index contributed by atoms with van der Waals surface area (Å²) in [5, 5.41) is 0. The van der Waals surface area contributed by atoms with Gasteiger partial charge in [-0.25, -0.2) is 12.7 Å². The van der Waals surface area contributed by atoms with Gasteiger partial charge in [0.1, 0.15) is 0 Å². The molecule has 0 amide bonds. The Kier molecular flexibility index (Phi) is 3.38. The minimum atomic E-state index is -3.25. The molecule has 0 saturated carbocycles. The Morgan fingerprint density at radius 2 is 2.00 bits per heavy atom. The van der Waals surface area contributed by atoms with E-state index in [1.165, 1.54) is 0 Å². The fourth-order valence-electron chi connectivity index (χ4n) is 2.25. The minimum absolute atomic E-state index is 0.00421. The van der Waals surface area contributed by atoms with Gasteiger partial charge in [-0.1, -0.05) is 32.0 Å². The Morgan fingerprint density at radius 3 is 2.56 bits per heavy atom. The predicted octanol–water partition coefficient (Wildman–Crippen LogP) is 1.83. The second kappa shape index (κ2) is 4.55. The molecule has 1 aromatic carbocycles. The fraction of sp³-hybridized carbons (Fsp3) is 0.538. The number of benzene rings is 1. The van der Waals surface area contributed by atoms with Crippen molar-refractivity contribution in [3.05, 3.63) is 29.8 Å². The third-order valence-electron chi connectivity index (χ3n) is 3.43. The first kappa shape index (κ1) is 13.4. The van der Waals surface area contributed by atoms with Crippen LogP contribution in [0.15, 0.2) is 24.3 Å². The molecule has 100 valence electrons. The molecule has 2 N–H and O–H groups in total. The standard InChI is InChI=1S/C13H20N2O2S/c1-13(2)7-8-15(10-13)18(16,17)9-11-5-3-4-6-12(11)14/h3-6H,7-10,14H2,1-2H3. The first-order chi connectivity index (χ1) is 8.30. The van der Waals surface area contributed by atoms with E-state index in [1.807, 2.05) is 12.1 Å². The van der Waals surface area contributed by atoms with Crippen LogP contribution in [0.5, 0.6) is 0 Å². The maximum atomic E-state index is 12.3. The summed E-state index contributed by atoms with van der Waals surface area (Å²) in [7, 11) is -3.25. The summed E-state index contributed by atoms with van der Waals surface area (Å²) < 4.78 is 26.2. The number of para-hydroxylation sites is 1. The fourth-order valence-corrected chi connectivity index (χ4v) is 4.01. The molecule has 0 atom stereocenters. The summed E-state index contributed by atoms with van der Waals surface area (Å²) in [6.45, 7) is 5.41. The third-order valence-corrected chi connectivity index (χ3v) is 5.20. The van der Waals surface area contributed by atoms with Crippen LogP contribution in [-0.2, 0) is 15.8 Å². The summed E-state index contributed by atoms with van der Waals surface area (Å²) in [6, 6.07) is 7.13. The van der Waals surface area contributed by atoms with E-state index in [9.17, 15) is 8.42 Å². The molecule has 2 rings (SSSR count). The van der Waals surface area contributed by atoms with Crippen molar-refractivity contribution in [3.8, 4) is 0 Å². The zero-order valence-electron chi connectivity index (χ0n) is 10.9. The molecular weight excluding hydrogens is 248 g/mol. The van der Waals surface area contributed by atoms with E-state index in [1.54, 1.807) is 16.4 Å². The minimum Gasteiger partial charge on any atom is -0.398 e. The second-order valence-electron chi connectivity index (χ2n) is 5.70. The van der Waals surface area contributed by atoms with Gasteiger partial charge in [0.05, 0.1) is 5.75 Å². The lowest BCUT2D eigenvalue weighted by molar-refractivity contribution is 0.375. The molecule has 0 bridgehead atoms. The Morgan fingerprint density at radius 1 is 1.33 bits per heavy atom. The summed E-state index contributed by atoms with van der Waals surface area (Å²) in [5.74, 6) is -0.00421. The molecule has 5 heteroatoms. The highest BCUT2D eigenvalue weighted by atomic mass is 32.2. The van der Waals surface area contributed by atoms with Gasteiger partial charge in [0.2, 0.25) is 10.0 Å². The normalized spacial score (nSPS) is 20.1. The van der Waals surface area contributed by atoms with E-state index < -0.39 is 10.0 Å². The van der Waals surface area contributed by atoms with Crippen LogP contribution in [0, 0.1) is 5.41 Å². The highest BCUT2D eigenvalue weighted by Crippen LogP contribution is 2.31. The maximum Gasteiger partial charge on any atom is 0.218 e. The zero-order chi connectivity index (χ0) is 13.4. The van der Waals surface area contributed by atoms with E-state index in [0.29, 0.717) is 24.3 Å². The van der Waals surface area contributed by atoms with Crippen molar-refractivity contribution in [2.75, 3.05) is 18.8 Å². The molecule has 1 fully saturated rings. The number of rotatable bonds is 3. The lowest BCUT2D eigenvalue weighted by atomic mass is 9.93. The molecule has 0 aromatic heterocycles. The Labute approximate surface area is 109 Å². The smallest absolute Gasteiger partial charge is 0.218 e. The molecule has 1 aliphatic rings. The SMILES string of the molecule is CC1(C)CCN(S(=O)(=O)Cc2ccccc2N)C1. The average Bonchev–Trinajstić information content (AvgIpc) is 2.63. The Balaban J connectivity index is 2.16. The van der Waals surface area contributed by atoms with Gasteiger partial charge in [-0.05, 0) is 23.5 Å². The van der Waals surface area contributed by atoms with Gasteiger partial charge in [0.25, 0.3) is 0 Å². The largest absolute Gasteiger partial charge is 0.398 e. The van der Waals surface area contributed by atoms with Crippen LogP contribution in [0.1, 0.15) is 25.8 Å². The van der Waals surface area contributed by atoms with Gasteiger partial charge in [-0.15, -0.1) is 0 Å². The summed E-state index contributed by atoms with van der Waals surface area (Å²) in [5.41, 5.74) is 7.10. The zero-order valence-corrected chi connectivity index (χ0v) is 11.7. The van der Waals surface area contributed by atoms with Crippen molar-refractivity contribution in [1.82, 2.24) is 4.31 Å². The van der Waals surface area contributed by atoms with Crippen LogP contribution in [0.2, 0.25) is 0 Å². The van der Waals surface area contributed by atoms with Crippen molar-refractivity contribution in [2.45, 2.75) is 26.0 Å². The van der Waals surface area contributed by atoms with E-state index in [2.05, 4.69) is 13.8 Å². The number of hydrogen-bond acceptors (Lipinski definition) is 3. The first-order valence-corrected chi connectivity index (χ1v) is 7.72. The number of nitrogens with zero attached hydrogens (tertiary/aromatic N) is 1. The van der Waals surface area contributed by atoms with Gasteiger partial charge in [0, 0.05) is 18.8 Å². The van der Waals surface area contributed by atoms with Crippen molar-refractivity contribution >= 4 is 15.7 Å². The predicted molar refractivity (Wildman–Crippen MR) is 73.4 cm³/mol. The summed E-state index contributed by atoms with van der Waals surface area (Å²) in [6.07, 6.45) is 0.913. The van der Waals surface area contributed by atoms with E-state index in [0.717, 1.165) is 6.42 Å². The molecule has 1 aliphatic heterocycles. The van der Waals surface area contributed by atoms with Crippen molar-refractivity contribution in [2.24, 2.45) is 5.41 Å². The molecule has 0 radical (unpaired) electrons. The highest BCUT2D eigenvalue weighted by Gasteiger charge is 2.36. The monoisotopic (exact) mass is 268 g/mol. The Hall–Kier alpha value is -1.07. The van der Waals surface area contributed by atoms with Crippen LogP contribution >= 0.6 is 0 Å². The summed E-state index contributed by atoms with van der Waals surface area (Å²) in [4.78, 5) is 0. The number of nitrogen functional groups attached to an aromatic ring is 1. The highest BCUT2D eigenvalue weighted by molar-refractivity contribution is 7.88. The topological polar surface area (TPSA) is 63.4 Å². The lowest BCUT2D eigenvalue weighted by Gasteiger charge is -2.20. The van der Waals surface area contributed by atoms with Crippen LogP contribution in [0.25, 0.3) is 0 Å². The molecule has 18 heavy (non-hydrogen) atoms. The average molecular weight is 268 g/mol. The maximum absolute atomic E-state index is 12.3. The van der Waals surface area contributed by atoms with Crippen molar-refractivity contribution < 1.29 is 8.42 Å². The van der Waals surface area contributed by atoms with Gasteiger partial charge >= 0.3 is 0 Å². The number of anilines is 1. The number of sulfonamides is 1. The first-order valence-electron chi connectivity index (χ1n) is 6.11. The van der Waals surface area contributed by atoms with Crippen LogP contribution < -0.4 is 5.73 Å². The van der Waals surface area contributed by atoms with Gasteiger partial charge < -0.3 is 5.73 Å². The van der Waals surface area contributed by atoms with Gasteiger partial charge in [0.15, 0.2) is 0 Å². The molecule has 1 saturated heterocycles. The molecule has 0 aliphatic carbocycles. The van der Waals surface area contributed by atoms with Crippen molar-refractivity contribution in [1.29, 1.82) is 0 Å². The molecular formula is C13H20N2O2S. The van der Waals surface area contributed by atoms with E-state index in [4.69, 9.17) is 5.73 Å². The molecule has 1 aromatic rings. The second-order valence-corrected chi connectivity index (χ2v) is 7.67. The van der Waals surface area contributed by atoms with Crippen LogP contribution in [-0.4, -0.2) is 25.8 Å². The van der Waals surface area contributed by atoms with Crippen molar-refractivity contribution in [3.63, 3.8) is 0 Å². The molecule has 0 spiro atoms. The van der Waals surface area contributed by atoms with Crippen LogP contribution in [0.3, 0.4) is 0 Å². The summed E-state index contributed by atoms with van der Waals surface area (Å²) >= 11 is 0. The lowest BCUT2D eigenvalue weighted by Crippen LogP contribution is -2.31. The third kappa shape index (κ3) is 2.84. The number of hydrogen-bond donors (Lipinski definition) is 1. The van der Waals surface area contributed by atoms with E-state index in [-0.39, 0.29) is 11.2 Å². The quantitative estimate of drug-likeness (QED) is 0.851. The van der Waals surface area contributed by atoms with Gasteiger partial charge in [-0.3, -0.25) is 0 Å². The van der Waals surface area contributed by atoms with Crippen LogP contribution in [0.4, 0.5) is 5.69 Å². The Bertz CT molecular complexity index is 538. The molecule has 4 nitrogen and oxygen atoms in total. The van der Waals surface area contributed by atoms with E-state index >= 15 is 0 Å². The van der Waals surface area contributed by atoms with Gasteiger partial charge in [-0.2, -0.15) is 0 Å². The molecule has 1 heterocycles. The molecule has 0 unspecified atom stereocenters.